The molecule has 2 aromatic carbocycles. The van der Waals surface area contributed by atoms with E-state index < -0.39 is 33.3 Å². The number of H-pyrrole nitrogens is 1. The molecule has 1 aliphatic carbocycles. The summed E-state index contributed by atoms with van der Waals surface area (Å²) in [7, 11) is -3.70. The van der Waals surface area contributed by atoms with Gasteiger partial charge >= 0.3 is 6.18 Å². The van der Waals surface area contributed by atoms with Gasteiger partial charge in [0.25, 0.3) is 0 Å². The van der Waals surface area contributed by atoms with Gasteiger partial charge in [-0.05, 0) is 80.6 Å². The third kappa shape index (κ3) is 7.02. The quantitative estimate of drug-likeness (QED) is 0.178. The van der Waals surface area contributed by atoms with Crippen molar-refractivity contribution in [2.75, 3.05) is 26.2 Å². The van der Waals surface area contributed by atoms with Crippen LogP contribution in [0.25, 0.3) is 22.2 Å². The molecule has 14 heteroatoms. The van der Waals surface area contributed by atoms with Crippen LogP contribution >= 0.6 is 0 Å². The van der Waals surface area contributed by atoms with Gasteiger partial charge in [0.1, 0.15) is 11.5 Å². The van der Waals surface area contributed by atoms with Crippen molar-refractivity contribution < 1.29 is 30.8 Å². The molecule has 0 radical (unpaired) electrons. The first-order valence-corrected chi connectivity index (χ1v) is 16.2. The highest BCUT2D eigenvalue weighted by atomic mass is 32.2. The summed E-state index contributed by atoms with van der Waals surface area (Å²) in [6.45, 7) is 2.89. The number of carbonyl (C=O) groups is 1. The van der Waals surface area contributed by atoms with Crippen molar-refractivity contribution >= 4 is 26.7 Å². The Hall–Kier alpha value is -3.62. The molecule has 1 saturated carbocycles. The second-order valence-corrected chi connectivity index (χ2v) is 13.5. The maximum atomic E-state index is 14.1. The molecule has 0 atom stereocenters. The zero-order valence-electron chi connectivity index (χ0n) is 23.8. The molecular formula is C30H32F4N6O3S. The fraction of sp³-hybridized carbons (Fsp3) is 0.433. The van der Waals surface area contributed by atoms with Crippen LogP contribution in [0.15, 0.2) is 48.7 Å². The number of benzene rings is 2. The molecule has 2 aromatic heterocycles. The minimum absolute atomic E-state index is 0.0128. The number of aromatic nitrogens is 4. The van der Waals surface area contributed by atoms with Crippen molar-refractivity contribution in [3.63, 3.8) is 0 Å². The largest absolute Gasteiger partial charge is 0.416 e. The second kappa shape index (κ2) is 12.1. The Labute approximate surface area is 251 Å². The number of hydrogen-bond acceptors (Lipinski definition) is 6. The summed E-state index contributed by atoms with van der Waals surface area (Å²) in [5.41, 5.74) is 1.69. The highest BCUT2D eigenvalue weighted by Crippen LogP contribution is 2.38. The Morgan fingerprint density at radius 3 is 2.45 bits per heavy atom. The molecule has 234 valence electrons. The molecular weight excluding hydrogens is 600 g/mol. The van der Waals surface area contributed by atoms with Crippen molar-refractivity contribution in [3.8, 4) is 11.3 Å². The second-order valence-electron chi connectivity index (χ2n) is 11.7. The fourth-order valence-electron chi connectivity index (χ4n) is 5.74. The summed E-state index contributed by atoms with van der Waals surface area (Å²) < 4.78 is 81.5. The first-order chi connectivity index (χ1) is 20.9. The standard InChI is InChI=1S/C30H32F4N6O3S/c31-23-7-8-25-24(15-23)27(28(36-25)29(41)21-3-4-21)26-17-40(38-37-26)16-19-9-12-39(13-10-19)14-11-35-44(42,43)18-20-1-5-22(6-2-20)30(32,33)34/h1-2,5-8,15,17,19,21,35-36H,3-4,9-14,16,18H2. The summed E-state index contributed by atoms with van der Waals surface area (Å²) in [5, 5.41) is 9.25. The van der Waals surface area contributed by atoms with Crippen LogP contribution in [-0.2, 0) is 28.5 Å². The number of nitrogens with zero attached hydrogens (tertiary/aromatic N) is 4. The molecule has 0 amide bonds. The number of aromatic amines is 1. The molecule has 3 heterocycles. The normalized spacial score (nSPS) is 17.0. The number of rotatable bonds is 11. The molecule has 44 heavy (non-hydrogen) atoms. The molecule has 2 N–H and O–H groups in total. The van der Waals surface area contributed by atoms with Gasteiger partial charge < -0.3 is 9.88 Å². The van der Waals surface area contributed by atoms with Crippen molar-refractivity contribution in [1.29, 1.82) is 0 Å². The van der Waals surface area contributed by atoms with Crippen molar-refractivity contribution in [3.05, 3.63) is 71.3 Å². The third-order valence-electron chi connectivity index (χ3n) is 8.29. The number of sulfonamides is 1. The van der Waals surface area contributed by atoms with Gasteiger partial charge in [0, 0.05) is 42.0 Å². The number of Topliss-reactive ketones (excluding diaryl/α,β-unsaturated/α-hetero) is 1. The van der Waals surface area contributed by atoms with Gasteiger partial charge in [0.15, 0.2) is 5.78 Å². The Balaban J connectivity index is 1.00. The molecule has 6 rings (SSSR count). The van der Waals surface area contributed by atoms with Crippen molar-refractivity contribution in [1.82, 2.24) is 29.6 Å². The lowest BCUT2D eigenvalue weighted by Crippen LogP contribution is -2.40. The molecule has 0 spiro atoms. The van der Waals surface area contributed by atoms with Crippen LogP contribution in [0, 0.1) is 17.7 Å². The zero-order valence-corrected chi connectivity index (χ0v) is 24.6. The number of fused-ring (bicyclic) bond motifs is 1. The average Bonchev–Trinajstić information content (AvgIpc) is 3.62. The number of piperidine rings is 1. The van der Waals surface area contributed by atoms with E-state index in [-0.39, 0.29) is 23.8 Å². The number of hydrogen-bond donors (Lipinski definition) is 2. The van der Waals surface area contributed by atoms with E-state index in [9.17, 15) is 30.8 Å². The van der Waals surface area contributed by atoms with E-state index in [4.69, 9.17) is 0 Å². The highest BCUT2D eigenvalue weighted by Gasteiger charge is 2.34. The molecule has 2 fully saturated rings. The topological polar surface area (TPSA) is 113 Å². The lowest BCUT2D eigenvalue weighted by atomic mass is 9.97. The summed E-state index contributed by atoms with van der Waals surface area (Å²) >= 11 is 0. The van der Waals surface area contributed by atoms with Crippen LogP contribution in [0.1, 0.15) is 47.3 Å². The number of ketones is 1. The predicted octanol–water partition coefficient (Wildman–Crippen LogP) is 5.01. The maximum absolute atomic E-state index is 14.1. The van der Waals surface area contributed by atoms with Gasteiger partial charge in [-0.1, -0.05) is 17.3 Å². The Kier molecular flexibility index (Phi) is 8.33. The first kappa shape index (κ1) is 30.4. The van der Waals surface area contributed by atoms with E-state index in [1.54, 1.807) is 16.9 Å². The number of halogens is 4. The van der Waals surface area contributed by atoms with Crippen LogP contribution in [0.4, 0.5) is 17.6 Å². The van der Waals surface area contributed by atoms with Gasteiger partial charge in [0.2, 0.25) is 10.0 Å². The van der Waals surface area contributed by atoms with E-state index in [1.165, 1.54) is 24.3 Å². The first-order valence-electron chi connectivity index (χ1n) is 14.6. The Bertz CT molecular complexity index is 1760. The molecule has 1 aliphatic heterocycles. The Morgan fingerprint density at radius 1 is 1.05 bits per heavy atom. The highest BCUT2D eigenvalue weighted by molar-refractivity contribution is 7.88. The molecule has 4 aromatic rings. The Morgan fingerprint density at radius 2 is 1.77 bits per heavy atom. The van der Waals surface area contributed by atoms with Gasteiger partial charge in [-0.2, -0.15) is 13.2 Å². The summed E-state index contributed by atoms with van der Waals surface area (Å²) in [6, 6.07) is 8.51. The van der Waals surface area contributed by atoms with Crippen molar-refractivity contribution in [2.45, 2.75) is 44.2 Å². The maximum Gasteiger partial charge on any atom is 0.416 e. The molecule has 2 aliphatic rings. The smallest absolute Gasteiger partial charge is 0.352 e. The van der Waals surface area contributed by atoms with Crippen LogP contribution < -0.4 is 4.72 Å². The predicted molar refractivity (Wildman–Crippen MR) is 156 cm³/mol. The summed E-state index contributed by atoms with van der Waals surface area (Å²) in [6.07, 6.45) is 0.773. The van der Waals surface area contributed by atoms with Gasteiger partial charge in [0.05, 0.1) is 23.2 Å². The van der Waals surface area contributed by atoms with E-state index >= 15 is 0 Å². The van der Waals surface area contributed by atoms with Gasteiger partial charge in [-0.25, -0.2) is 17.5 Å². The van der Waals surface area contributed by atoms with Crippen LogP contribution in [-0.4, -0.2) is 65.3 Å². The molecule has 1 saturated heterocycles. The van der Waals surface area contributed by atoms with Crippen LogP contribution in [0.2, 0.25) is 0 Å². The fourth-order valence-corrected chi connectivity index (χ4v) is 6.88. The van der Waals surface area contributed by atoms with E-state index in [1.807, 2.05) is 0 Å². The molecule has 9 nitrogen and oxygen atoms in total. The summed E-state index contributed by atoms with van der Waals surface area (Å²) in [4.78, 5) is 18.3. The lowest BCUT2D eigenvalue weighted by Gasteiger charge is -2.31. The number of likely N-dealkylation sites (tertiary alicyclic amines) is 1. The third-order valence-corrected chi connectivity index (χ3v) is 9.65. The van der Waals surface area contributed by atoms with Crippen molar-refractivity contribution in [2.24, 2.45) is 11.8 Å². The molecule has 0 unspecified atom stereocenters. The van der Waals surface area contributed by atoms with Gasteiger partial charge in [-0.15, -0.1) is 5.10 Å². The minimum atomic E-state index is -4.47. The molecule has 0 bridgehead atoms. The number of nitrogens with one attached hydrogen (secondary N) is 2. The van der Waals surface area contributed by atoms with E-state index in [0.717, 1.165) is 50.9 Å². The van der Waals surface area contributed by atoms with Crippen LogP contribution in [0.3, 0.4) is 0 Å². The zero-order chi connectivity index (χ0) is 31.1. The monoisotopic (exact) mass is 632 g/mol. The number of alkyl halides is 3. The van der Waals surface area contributed by atoms with E-state index in [2.05, 4.69) is 24.9 Å². The van der Waals surface area contributed by atoms with Gasteiger partial charge in [-0.3, -0.25) is 9.48 Å². The van der Waals surface area contributed by atoms with E-state index in [0.29, 0.717) is 46.9 Å². The number of carbonyl (C=O) groups excluding carboxylic acids is 1. The van der Waals surface area contributed by atoms with Crippen LogP contribution in [0.5, 0.6) is 0 Å². The summed E-state index contributed by atoms with van der Waals surface area (Å²) in [5.74, 6) is -0.461. The minimum Gasteiger partial charge on any atom is -0.352 e. The average molecular weight is 633 g/mol. The SMILES string of the molecule is O=C(c1[nH]c2ccc(F)cc2c1-c1cn(CC2CCN(CCNS(=O)(=O)Cc3ccc(C(F)(F)F)cc3)CC2)nn1)C1CC1. The lowest BCUT2D eigenvalue weighted by molar-refractivity contribution is -0.137.